The van der Waals surface area contributed by atoms with Gasteiger partial charge in [-0.15, -0.1) is 11.3 Å². The maximum absolute atomic E-state index is 14.9. The van der Waals surface area contributed by atoms with Gasteiger partial charge in [-0.25, -0.2) is 14.2 Å². The Morgan fingerprint density at radius 1 is 1.16 bits per heavy atom. The zero-order valence-corrected chi connectivity index (χ0v) is 18.5. The summed E-state index contributed by atoms with van der Waals surface area (Å²) in [4.78, 5) is 22.6. The molecule has 5 rings (SSSR count). The SMILES string of the molecule is COC(=O)NC1CCN(c2ccc(Nc3nc(NC4CC4)c4sccc4n3)cc2F)CC1. The Balaban J connectivity index is 1.27. The number of carbonyl (C=O) groups excluding carboxylic acids is 1. The van der Waals surface area contributed by atoms with Crippen LogP contribution in [0.3, 0.4) is 0 Å². The van der Waals surface area contributed by atoms with Gasteiger partial charge in [0, 0.05) is 30.9 Å². The van der Waals surface area contributed by atoms with Crippen molar-refractivity contribution in [2.24, 2.45) is 0 Å². The van der Waals surface area contributed by atoms with Crippen molar-refractivity contribution in [1.29, 1.82) is 0 Å². The topological polar surface area (TPSA) is 91.4 Å². The summed E-state index contributed by atoms with van der Waals surface area (Å²) >= 11 is 1.61. The lowest BCUT2D eigenvalue weighted by Crippen LogP contribution is -2.44. The first-order chi connectivity index (χ1) is 15.6. The Bertz CT molecular complexity index is 1130. The van der Waals surface area contributed by atoms with Crippen LogP contribution in [0.4, 0.5) is 32.3 Å². The molecule has 2 aliphatic rings. The van der Waals surface area contributed by atoms with E-state index in [4.69, 9.17) is 0 Å². The number of ether oxygens (including phenoxy) is 1. The Morgan fingerprint density at radius 3 is 2.69 bits per heavy atom. The zero-order chi connectivity index (χ0) is 22.1. The van der Waals surface area contributed by atoms with E-state index < -0.39 is 6.09 Å². The van der Waals surface area contributed by atoms with Gasteiger partial charge in [0.25, 0.3) is 0 Å². The van der Waals surface area contributed by atoms with Crippen LogP contribution < -0.4 is 20.9 Å². The average molecular weight is 457 g/mol. The molecule has 0 radical (unpaired) electrons. The monoisotopic (exact) mass is 456 g/mol. The fourth-order valence-corrected chi connectivity index (χ4v) is 4.68. The fraction of sp³-hybridized carbons (Fsp3) is 0.409. The second kappa shape index (κ2) is 8.78. The molecule has 168 valence electrons. The van der Waals surface area contributed by atoms with Gasteiger partial charge in [-0.2, -0.15) is 4.98 Å². The summed E-state index contributed by atoms with van der Waals surface area (Å²) in [5, 5.41) is 11.4. The van der Waals surface area contributed by atoms with Crippen molar-refractivity contribution in [1.82, 2.24) is 15.3 Å². The minimum atomic E-state index is -0.427. The third-order valence-electron chi connectivity index (χ3n) is 5.77. The number of hydrogen-bond donors (Lipinski definition) is 3. The van der Waals surface area contributed by atoms with Gasteiger partial charge < -0.3 is 25.6 Å². The highest BCUT2D eigenvalue weighted by Crippen LogP contribution is 2.33. The Kier molecular flexibility index (Phi) is 5.69. The van der Waals surface area contributed by atoms with Crippen molar-refractivity contribution in [3.8, 4) is 0 Å². The van der Waals surface area contributed by atoms with Crippen molar-refractivity contribution in [2.75, 3.05) is 35.7 Å². The quantitative estimate of drug-likeness (QED) is 0.504. The summed E-state index contributed by atoms with van der Waals surface area (Å²) in [5.74, 6) is 0.971. The minimum absolute atomic E-state index is 0.0466. The number of hydrogen-bond acceptors (Lipinski definition) is 8. The van der Waals surface area contributed by atoms with Crippen molar-refractivity contribution in [3.05, 3.63) is 35.5 Å². The summed E-state index contributed by atoms with van der Waals surface area (Å²) in [6.45, 7) is 1.32. The first kappa shape index (κ1) is 20.7. The van der Waals surface area contributed by atoms with Crippen LogP contribution in [-0.4, -0.2) is 48.3 Å². The summed E-state index contributed by atoms with van der Waals surface area (Å²) in [7, 11) is 1.35. The molecule has 1 saturated carbocycles. The van der Waals surface area contributed by atoms with Gasteiger partial charge in [0.15, 0.2) is 0 Å². The van der Waals surface area contributed by atoms with Crippen LogP contribution in [-0.2, 0) is 4.74 Å². The third kappa shape index (κ3) is 4.55. The molecule has 3 heterocycles. The van der Waals surface area contributed by atoms with Crippen LogP contribution in [0.25, 0.3) is 10.2 Å². The molecule has 2 fully saturated rings. The van der Waals surface area contributed by atoms with Crippen LogP contribution in [0.2, 0.25) is 0 Å². The number of piperidine rings is 1. The number of alkyl carbamates (subject to hydrolysis) is 1. The molecule has 3 N–H and O–H groups in total. The molecule has 1 amide bonds. The molecular formula is C22H25FN6O2S. The summed E-state index contributed by atoms with van der Waals surface area (Å²) in [6, 6.07) is 7.58. The molecule has 32 heavy (non-hydrogen) atoms. The minimum Gasteiger partial charge on any atom is -0.453 e. The van der Waals surface area contributed by atoms with E-state index in [-0.39, 0.29) is 11.9 Å². The number of thiophene rings is 1. The number of fused-ring (bicyclic) bond motifs is 1. The second-order valence-electron chi connectivity index (χ2n) is 8.14. The number of amides is 1. The summed E-state index contributed by atoms with van der Waals surface area (Å²) < 4.78 is 20.6. The van der Waals surface area contributed by atoms with Crippen LogP contribution >= 0.6 is 11.3 Å². The molecule has 1 saturated heterocycles. The Hall–Kier alpha value is -3.14. The van der Waals surface area contributed by atoms with Crippen molar-refractivity contribution >= 4 is 50.8 Å². The highest BCUT2D eigenvalue weighted by Gasteiger charge is 2.24. The number of benzene rings is 1. The molecule has 2 aromatic heterocycles. The molecule has 3 aromatic rings. The normalized spacial score (nSPS) is 16.8. The van der Waals surface area contributed by atoms with E-state index in [0.29, 0.717) is 36.5 Å². The predicted molar refractivity (Wildman–Crippen MR) is 125 cm³/mol. The van der Waals surface area contributed by atoms with E-state index in [2.05, 4.69) is 30.7 Å². The van der Waals surface area contributed by atoms with Gasteiger partial charge in [-0.05, 0) is 55.3 Å². The van der Waals surface area contributed by atoms with Crippen LogP contribution in [0.1, 0.15) is 25.7 Å². The molecule has 0 spiro atoms. The molecule has 1 aromatic carbocycles. The van der Waals surface area contributed by atoms with Crippen molar-refractivity contribution in [2.45, 2.75) is 37.8 Å². The molecule has 8 nitrogen and oxygen atoms in total. The molecule has 1 aliphatic carbocycles. The molecular weight excluding hydrogens is 431 g/mol. The smallest absolute Gasteiger partial charge is 0.407 e. The lowest BCUT2D eigenvalue weighted by Gasteiger charge is -2.33. The maximum atomic E-state index is 14.9. The van der Waals surface area contributed by atoms with E-state index in [1.54, 1.807) is 17.4 Å². The van der Waals surface area contributed by atoms with Crippen LogP contribution in [0.15, 0.2) is 29.6 Å². The molecule has 10 heteroatoms. The molecule has 0 atom stereocenters. The number of methoxy groups -OCH3 is 1. The van der Waals surface area contributed by atoms with E-state index in [9.17, 15) is 9.18 Å². The Labute approximate surface area is 189 Å². The van der Waals surface area contributed by atoms with Gasteiger partial charge in [-0.3, -0.25) is 0 Å². The first-order valence-electron chi connectivity index (χ1n) is 10.8. The highest BCUT2D eigenvalue weighted by atomic mass is 32.1. The summed E-state index contributed by atoms with van der Waals surface area (Å²) in [6.07, 6.45) is 3.35. The fourth-order valence-electron chi connectivity index (χ4n) is 3.90. The lowest BCUT2D eigenvalue weighted by atomic mass is 10.0. The van der Waals surface area contributed by atoms with E-state index >= 15 is 0 Å². The second-order valence-corrected chi connectivity index (χ2v) is 9.05. The third-order valence-corrected chi connectivity index (χ3v) is 6.68. The number of anilines is 4. The van der Waals surface area contributed by atoms with E-state index in [1.165, 1.54) is 13.2 Å². The zero-order valence-electron chi connectivity index (χ0n) is 17.7. The van der Waals surface area contributed by atoms with Crippen LogP contribution in [0.5, 0.6) is 0 Å². The Morgan fingerprint density at radius 2 is 1.97 bits per heavy atom. The van der Waals surface area contributed by atoms with Crippen molar-refractivity contribution in [3.63, 3.8) is 0 Å². The maximum Gasteiger partial charge on any atom is 0.407 e. The van der Waals surface area contributed by atoms with Gasteiger partial charge in [-0.1, -0.05) is 0 Å². The molecule has 0 unspecified atom stereocenters. The molecule has 0 bridgehead atoms. The predicted octanol–water partition coefficient (Wildman–Crippen LogP) is 4.47. The van der Waals surface area contributed by atoms with E-state index in [1.807, 2.05) is 22.4 Å². The van der Waals surface area contributed by atoms with Crippen LogP contribution in [0, 0.1) is 5.82 Å². The van der Waals surface area contributed by atoms with Crippen molar-refractivity contribution < 1.29 is 13.9 Å². The molecule has 1 aliphatic heterocycles. The van der Waals surface area contributed by atoms with Gasteiger partial charge in [0.05, 0.1) is 23.0 Å². The van der Waals surface area contributed by atoms with Gasteiger partial charge >= 0.3 is 6.09 Å². The van der Waals surface area contributed by atoms with Gasteiger partial charge in [0.2, 0.25) is 5.95 Å². The standard InChI is InChI=1S/C22H25FN6O2S/c1-31-22(30)26-14-6-9-29(10-7-14)18-5-4-15(12-16(18)23)25-21-27-17-8-11-32-19(17)20(28-21)24-13-2-3-13/h4-5,8,11-14H,2-3,6-7,9-10H2,1H3,(H,26,30)(H2,24,25,27,28). The number of nitrogens with one attached hydrogen (secondary N) is 3. The lowest BCUT2D eigenvalue weighted by molar-refractivity contribution is 0.164. The number of carbonyl (C=O) groups is 1. The van der Waals surface area contributed by atoms with E-state index in [0.717, 1.165) is 41.7 Å². The number of aromatic nitrogens is 2. The number of rotatable bonds is 6. The summed E-state index contributed by atoms with van der Waals surface area (Å²) in [5.41, 5.74) is 2.02. The number of halogens is 1. The highest BCUT2D eigenvalue weighted by molar-refractivity contribution is 7.17. The number of nitrogens with zero attached hydrogens (tertiary/aromatic N) is 3. The van der Waals surface area contributed by atoms with Gasteiger partial charge in [0.1, 0.15) is 11.6 Å². The average Bonchev–Trinajstić information content (AvgIpc) is 3.47. The largest absolute Gasteiger partial charge is 0.453 e. The first-order valence-corrected chi connectivity index (χ1v) is 11.6.